The molecule has 1 aromatic carbocycles. The number of hydrogen-bond acceptors (Lipinski definition) is 4. The molecule has 0 saturated carbocycles. The summed E-state index contributed by atoms with van der Waals surface area (Å²) < 4.78 is 2.03. The quantitative estimate of drug-likeness (QED) is 0.822. The van der Waals surface area contributed by atoms with E-state index < -0.39 is 0 Å². The number of para-hydroxylation sites is 1. The fraction of sp³-hybridized carbons (Fsp3) is 0.333. The number of nitrogens with zero attached hydrogens (tertiary/aromatic N) is 4. The van der Waals surface area contributed by atoms with E-state index in [1.54, 1.807) is 6.33 Å². The normalized spacial score (nSPS) is 16.1. The van der Waals surface area contributed by atoms with E-state index in [4.69, 9.17) is 0 Å². The predicted octanol–water partition coefficient (Wildman–Crippen LogP) is 0.677. The first-order chi connectivity index (χ1) is 8.45. The number of nitrogens with one attached hydrogen (secondary N) is 1. The van der Waals surface area contributed by atoms with Gasteiger partial charge >= 0.3 is 0 Å². The van der Waals surface area contributed by atoms with Crippen molar-refractivity contribution < 1.29 is 0 Å². The molecule has 0 spiro atoms. The second-order valence-electron chi connectivity index (χ2n) is 4.07. The van der Waals surface area contributed by atoms with Gasteiger partial charge in [0.05, 0.1) is 5.69 Å². The van der Waals surface area contributed by atoms with E-state index >= 15 is 0 Å². The van der Waals surface area contributed by atoms with Crippen LogP contribution in [-0.4, -0.2) is 40.9 Å². The van der Waals surface area contributed by atoms with Crippen molar-refractivity contribution in [1.29, 1.82) is 0 Å². The van der Waals surface area contributed by atoms with Crippen LogP contribution in [0.5, 0.6) is 0 Å². The first kappa shape index (κ1) is 10.3. The molecular formula is C12H15N5. The average Bonchev–Trinajstić information content (AvgIpc) is 2.90. The largest absolute Gasteiger partial charge is 0.338 e. The second-order valence-corrected chi connectivity index (χ2v) is 4.07. The monoisotopic (exact) mass is 229 g/mol. The molecule has 0 atom stereocenters. The maximum Gasteiger partial charge on any atom is 0.231 e. The second kappa shape index (κ2) is 4.55. The fourth-order valence-corrected chi connectivity index (χ4v) is 2.08. The SMILES string of the molecule is c1ccc(-n2cnnc2N2CCNCC2)cc1. The highest BCUT2D eigenvalue weighted by molar-refractivity contribution is 5.42. The lowest BCUT2D eigenvalue weighted by Crippen LogP contribution is -2.44. The number of hydrogen-bond donors (Lipinski definition) is 1. The van der Waals surface area contributed by atoms with Crippen molar-refractivity contribution >= 4 is 5.95 Å². The molecule has 0 aliphatic carbocycles. The molecule has 17 heavy (non-hydrogen) atoms. The first-order valence-corrected chi connectivity index (χ1v) is 5.86. The van der Waals surface area contributed by atoms with Crippen LogP contribution in [0.3, 0.4) is 0 Å². The predicted molar refractivity (Wildman–Crippen MR) is 66.4 cm³/mol. The van der Waals surface area contributed by atoms with Gasteiger partial charge in [0.2, 0.25) is 5.95 Å². The third-order valence-electron chi connectivity index (χ3n) is 2.96. The number of aromatic nitrogens is 3. The lowest BCUT2D eigenvalue weighted by atomic mass is 10.3. The summed E-state index contributed by atoms with van der Waals surface area (Å²) in [6.45, 7) is 3.96. The zero-order valence-electron chi connectivity index (χ0n) is 9.58. The summed E-state index contributed by atoms with van der Waals surface area (Å²) in [5.74, 6) is 0.928. The highest BCUT2D eigenvalue weighted by Crippen LogP contribution is 2.16. The van der Waals surface area contributed by atoms with Gasteiger partial charge in [0, 0.05) is 26.2 Å². The van der Waals surface area contributed by atoms with Crippen LogP contribution < -0.4 is 10.2 Å². The Hall–Kier alpha value is -1.88. The number of piperazine rings is 1. The third-order valence-corrected chi connectivity index (χ3v) is 2.96. The summed E-state index contributed by atoms with van der Waals surface area (Å²) in [4.78, 5) is 2.26. The summed E-state index contributed by atoms with van der Waals surface area (Å²) in [5.41, 5.74) is 1.10. The molecule has 1 N–H and O–H groups in total. The van der Waals surface area contributed by atoms with Crippen LogP contribution >= 0.6 is 0 Å². The first-order valence-electron chi connectivity index (χ1n) is 5.86. The Morgan fingerprint density at radius 1 is 1.06 bits per heavy atom. The molecule has 1 saturated heterocycles. The van der Waals surface area contributed by atoms with Crippen LogP contribution in [0.15, 0.2) is 36.7 Å². The molecule has 5 nitrogen and oxygen atoms in total. The van der Waals surface area contributed by atoms with E-state index in [0.29, 0.717) is 0 Å². The number of benzene rings is 1. The van der Waals surface area contributed by atoms with Crippen molar-refractivity contribution in [3.8, 4) is 5.69 Å². The molecule has 1 fully saturated rings. The van der Waals surface area contributed by atoms with Crippen molar-refractivity contribution in [2.75, 3.05) is 31.1 Å². The molecule has 0 radical (unpaired) electrons. The van der Waals surface area contributed by atoms with E-state index in [-0.39, 0.29) is 0 Å². The maximum absolute atomic E-state index is 4.23. The summed E-state index contributed by atoms with van der Waals surface area (Å²) in [5, 5.41) is 11.6. The van der Waals surface area contributed by atoms with Gasteiger partial charge in [-0.15, -0.1) is 10.2 Å². The highest BCUT2D eigenvalue weighted by Gasteiger charge is 2.16. The van der Waals surface area contributed by atoms with E-state index in [2.05, 4.69) is 32.5 Å². The van der Waals surface area contributed by atoms with Gasteiger partial charge in [-0.2, -0.15) is 0 Å². The molecular weight excluding hydrogens is 214 g/mol. The topological polar surface area (TPSA) is 46.0 Å². The Morgan fingerprint density at radius 3 is 2.59 bits per heavy atom. The van der Waals surface area contributed by atoms with E-state index in [1.807, 2.05) is 22.8 Å². The molecule has 2 heterocycles. The zero-order chi connectivity index (χ0) is 11.5. The van der Waals surface area contributed by atoms with Gasteiger partial charge in [-0.3, -0.25) is 4.57 Å². The molecule has 1 aromatic heterocycles. The standard InChI is InChI=1S/C12H15N5/c1-2-4-11(5-3-1)17-10-14-15-12(17)16-8-6-13-7-9-16/h1-5,10,13H,6-9H2. The lowest BCUT2D eigenvalue weighted by Gasteiger charge is -2.28. The van der Waals surface area contributed by atoms with Crippen LogP contribution in [0.1, 0.15) is 0 Å². The Kier molecular flexibility index (Phi) is 2.75. The van der Waals surface area contributed by atoms with Crippen molar-refractivity contribution in [3.63, 3.8) is 0 Å². The van der Waals surface area contributed by atoms with E-state index in [0.717, 1.165) is 37.8 Å². The fourth-order valence-electron chi connectivity index (χ4n) is 2.08. The van der Waals surface area contributed by atoms with Crippen molar-refractivity contribution in [1.82, 2.24) is 20.1 Å². The van der Waals surface area contributed by atoms with Crippen LogP contribution in [0.2, 0.25) is 0 Å². The van der Waals surface area contributed by atoms with Crippen LogP contribution in [0.25, 0.3) is 5.69 Å². The molecule has 0 bridgehead atoms. The maximum atomic E-state index is 4.23. The van der Waals surface area contributed by atoms with Gasteiger partial charge in [-0.25, -0.2) is 0 Å². The molecule has 2 aromatic rings. The molecule has 1 aliphatic heterocycles. The molecule has 88 valence electrons. The highest BCUT2D eigenvalue weighted by atomic mass is 15.4. The minimum atomic E-state index is 0.928. The van der Waals surface area contributed by atoms with Crippen molar-refractivity contribution in [2.45, 2.75) is 0 Å². The molecule has 0 unspecified atom stereocenters. The van der Waals surface area contributed by atoms with Crippen molar-refractivity contribution in [2.24, 2.45) is 0 Å². The van der Waals surface area contributed by atoms with Crippen LogP contribution in [0, 0.1) is 0 Å². The lowest BCUT2D eigenvalue weighted by molar-refractivity contribution is 0.577. The van der Waals surface area contributed by atoms with Crippen LogP contribution in [-0.2, 0) is 0 Å². The molecule has 1 aliphatic rings. The average molecular weight is 229 g/mol. The molecule has 5 heteroatoms. The minimum Gasteiger partial charge on any atom is -0.338 e. The van der Waals surface area contributed by atoms with Gasteiger partial charge in [0.25, 0.3) is 0 Å². The number of anilines is 1. The Bertz CT molecular complexity index is 473. The molecule has 3 rings (SSSR count). The van der Waals surface area contributed by atoms with E-state index in [1.165, 1.54) is 0 Å². The van der Waals surface area contributed by atoms with Gasteiger partial charge < -0.3 is 10.2 Å². The third kappa shape index (κ3) is 2.01. The van der Waals surface area contributed by atoms with Crippen molar-refractivity contribution in [3.05, 3.63) is 36.7 Å². The summed E-state index contributed by atoms with van der Waals surface area (Å²) in [6, 6.07) is 10.2. The van der Waals surface area contributed by atoms with Gasteiger partial charge in [0.15, 0.2) is 0 Å². The van der Waals surface area contributed by atoms with Gasteiger partial charge in [0.1, 0.15) is 6.33 Å². The van der Waals surface area contributed by atoms with Crippen LogP contribution in [0.4, 0.5) is 5.95 Å². The van der Waals surface area contributed by atoms with E-state index in [9.17, 15) is 0 Å². The Balaban J connectivity index is 1.93. The van der Waals surface area contributed by atoms with Gasteiger partial charge in [-0.05, 0) is 12.1 Å². The summed E-state index contributed by atoms with van der Waals surface area (Å²) in [7, 11) is 0. The Morgan fingerprint density at radius 2 is 1.82 bits per heavy atom. The zero-order valence-corrected chi connectivity index (χ0v) is 9.58. The minimum absolute atomic E-state index is 0.928. The molecule has 0 amide bonds. The summed E-state index contributed by atoms with van der Waals surface area (Å²) in [6.07, 6.45) is 1.77. The van der Waals surface area contributed by atoms with Gasteiger partial charge in [-0.1, -0.05) is 18.2 Å². The smallest absolute Gasteiger partial charge is 0.231 e. The Labute approximate surface area is 100 Å². The summed E-state index contributed by atoms with van der Waals surface area (Å²) >= 11 is 0. The number of rotatable bonds is 2.